The summed E-state index contributed by atoms with van der Waals surface area (Å²) < 4.78 is 0. The normalized spacial score (nSPS) is 18.4. The standard InChI is InChI=1S/C20H33N3OS.2ClH/c1-4-5-8-18-13-23(11-10-22(18)12-17(21)14-25)20(24)19-9-6-7-15(2)16(19)3;;/h6-7,9,17-18,25H,4-5,8,10-14,21H2,1-3H3;2*1H/t17-,18?;;/m0../s1. The van der Waals surface area contributed by atoms with Crippen LogP contribution < -0.4 is 5.73 Å². The van der Waals surface area contributed by atoms with Gasteiger partial charge in [0.25, 0.3) is 5.91 Å². The predicted octanol–water partition coefficient (Wildman–Crippen LogP) is 3.72. The van der Waals surface area contributed by atoms with Crippen molar-refractivity contribution in [3.63, 3.8) is 0 Å². The number of rotatable bonds is 7. The minimum absolute atomic E-state index is 0. The van der Waals surface area contributed by atoms with Crippen LogP contribution in [0.1, 0.15) is 47.7 Å². The molecular weight excluding hydrogens is 401 g/mol. The number of nitrogens with zero attached hydrogens (tertiary/aromatic N) is 2. The monoisotopic (exact) mass is 435 g/mol. The second kappa shape index (κ2) is 12.9. The minimum Gasteiger partial charge on any atom is -0.336 e. The highest BCUT2D eigenvalue weighted by Gasteiger charge is 2.30. The molecule has 1 saturated heterocycles. The Morgan fingerprint density at radius 3 is 2.63 bits per heavy atom. The highest BCUT2D eigenvalue weighted by atomic mass is 35.5. The number of nitrogens with two attached hydrogens (primary N) is 1. The first kappa shape index (κ1) is 26.5. The van der Waals surface area contributed by atoms with Crippen molar-refractivity contribution in [3.05, 3.63) is 34.9 Å². The number of hydrogen-bond acceptors (Lipinski definition) is 4. The number of piperazine rings is 1. The Balaban J connectivity index is 0.00000338. The van der Waals surface area contributed by atoms with Crippen LogP contribution in [0.5, 0.6) is 0 Å². The van der Waals surface area contributed by atoms with Crippen LogP contribution in [0, 0.1) is 13.8 Å². The van der Waals surface area contributed by atoms with E-state index in [4.69, 9.17) is 5.73 Å². The van der Waals surface area contributed by atoms with Gasteiger partial charge in [-0.05, 0) is 37.5 Å². The van der Waals surface area contributed by atoms with Crippen molar-refractivity contribution in [3.8, 4) is 0 Å². The van der Waals surface area contributed by atoms with Crippen LogP contribution in [0.3, 0.4) is 0 Å². The van der Waals surface area contributed by atoms with Gasteiger partial charge in [-0.2, -0.15) is 12.6 Å². The summed E-state index contributed by atoms with van der Waals surface area (Å²) >= 11 is 4.32. The van der Waals surface area contributed by atoms with Crippen molar-refractivity contribution in [1.82, 2.24) is 9.80 Å². The number of carbonyl (C=O) groups excluding carboxylic acids is 1. The van der Waals surface area contributed by atoms with E-state index < -0.39 is 0 Å². The molecule has 1 heterocycles. The molecule has 27 heavy (non-hydrogen) atoms. The van der Waals surface area contributed by atoms with Gasteiger partial charge in [0, 0.05) is 49.6 Å². The maximum absolute atomic E-state index is 13.0. The zero-order valence-electron chi connectivity index (χ0n) is 16.7. The molecule has 156 valence electrons. The number of halogens is 2. The zero-order valence-corrected chi connectivity index (χ0v) is 19.2. The summed E-state index contributed by atoms with van der Waals surface area (Å²) in [6, 6.07) is 6.48. The van der Waals surface area contributed by atoms with Crippen LogP contribution in [-0.4, -0.2) is 59.7 Å². The summed E-state index contributed by atoms with van der Waals surface area (Å²) in [6.07, 6.45) is 3.48. The average molecular weight is 436 g/mol. The van der Waals surface area contributed by atoms with Crippen molar-refractivity contribution < 1.29 is 4.79 Å². The zero-order chi connectivity index (χ0) is 18.4. The van der Waals surface area contributed by atoms with E-state index in [1.165, 1.54) is 18.4 Å². The van der Waals surface area contributed by atoms with Crippen molar-refractivity contribution in [2.75, 3.05) is 31.9 Å². The molecule has 0 saturated carbocycles. The molecule has 0 aromatic heterocycles. The lowest BCUT2D eigenvalue weighted by Crippen LogP contribution is -2.57. The van der Waals surface area contributed by atoms with E-state index in [0.717, 1.165) is 43.7 Å². The van der Waals surface area contributed by atoms with Crippen molar-refractivity contribution >= 4 is 43.4 Å². The highest BCUT2D eigenvalue weighted by molar-refractivity contribution is 7.80. The quantitative estimate of drug-likeness (QED) is 0.641. The maximum atomic E-state index is 13.0. The van der Waals surface area contributed by atoms with Crippen LogP contribution in [-0.2, 0) is 0 Å². The number of unbranched alkanes of at least 4 members (excludes halogenated alkanes) is 1. The van der Waals surface area contributed by atoms with Crippen LogP contribution in [0.25, 0.3) is 0 Å². The summed E-state index contributed by atoms with van der Waals surface area (Å²) in [5, 5.41) is 0. The molecule has 1 fully saturated rings. The van der Waals surface area contributed by atoms with E-state index >= 15 is 0 Å². The Bertz CT molecular complexity index is 588. The number of benzene rings is 1. The topological polar surface area (TPSA) is 49.6 Å². The SMILES string of the molecule is CCCCC1CN(C(=O)c2cccc(C)c2C)CCN1C[C@H](N)CS.Cl.Cl. The van der Waals surface area contributed by atoms with E-state index in [9.17, 15) is 4.79 Å². The maximum Gasteiger partial charge on any atom is 0.254 e. The van der Waals surface area contributed by atoms with Crippen molar-refractivity contribution in [1.29, 1.82) is 0 Å². The van der Waals surface area contributed by atoms with Gasteiger partial charge in [-0.15, -0.1) is 24.8 Å². The Labute approximate surface area is 182 Å². The summed E-state index contributed by atoms with van der Waals surface area (Å²) in [4.78, 5) is 17.5. The molecule has 0 bridgehead atoms. The third-order valence-electron chi connectivity index (χ3n) is 5.32. The van der Waals surface area contributed by atoms with Gasteiger partial charge in [-0.3, -0.25) is 9.69 Å². The molecule has 1 aromatic rings. The van der Waals surface area contributed by atoms with E-state index in [1.54, 1.807) is 0 Å². The average Bonchev–Trinajstić information content (AvgIpc) is 2.62. The summed E-state index contributed by atoms with van der Waals surface area (Å²) in [5.74, 6) is 0.864. The van der Waals surface area contributed by atoms with Gasteiger partial charge >= 0.3 is 0 Å². The predicted molar refractivity (Wildman–Crippen MR) is 123 cm³/mol. The first-order valence-corrected chi connectivity index (χ1v) is 10.1. The molecule has 1 aromatic carbocycles. The van der Waals surface area contributed by atoms with Crippen LogP contribution in [0.15, 0.2) is 18.2 Å². The first-order chi connectivity index (χ1) is 12.0. The lowest BCUT2D eigenvalue weighted by atomic mass is 10.00. The Kier molecular flexibility index (Phi) is 12.7. The summed E-state index contributed by atoms with van der Waals surface area (Å²) in [6.45, 7) is 9.65. The third-order valence-corrected chi connectivity index (χ3v) is 5.79. The summed E-state index contributed by atoms with van der Waals surface area (Å²) in [5.41, 5.74) is 9.23. The number of aryl methyl sites for hydroxylation is 1. The van der Waals surface area contributed by atoms with Gasteiger partial charge in [-0.1, -0.05) is 31.9 Å². The van der Waals surface area contributed by atoms with Gasteiger partial charge in [0.1, 0.15) is 0 Å². The molecule has 4 nitrogen and oxygen atoms in total. The molecule has 1 amide bonds. The summed E-state index contributed by atoms with van der Waals surface area (Å²) in [7, 11) is 0. The first-order valence-electron chi connectivity index (χ1n) is 9.43. The molecule has 2 N–H and O–H groups in total. The largest absolute Gasteiger partial charge is 0.336 e. The molecule has 0 radical (unpaired) electrons. The highest BCUT2D eigenvalue weighted by Crippen LogP contribution is 2.20. The molecule has 2 rings (SSSR count). The molecule has 7 heteroatoms. The van der Waals surface area contributed by atoms with E-state index in [-0.39, 0.29) is 36.8 Å². The second-order valence-electron chi connectivity index (χ2n) is 7.23. The molecule has 2 atom stereocenters. The van der Waals surface area contributed by atoms with Crippen LogP contribution >= 0.6 is 37.4 Å². The Hall–Kier alpha value is -0.460. The fourth-order valence-corrected chi connectivity index (χ4v) is 3.66. The van der Waals surface area contributed by atoms with Gasteiger partial charge in [0.05, 0.1) is 0 Å². The van der Waals surface area contributed by atoms with E-state index in [0.29, 0.717) is 11.8 Å². The lowest BCUT2D eigenvalue weighted by Gasteiger charge is -2.42. The number of hydrogen-bond donors (Lipinski definition) is 2. The van der Waals surface area contributed by atoms with Gasteiger partial charge < -0.3 is 10.6 Å². The molecule has 1 aliphatic rings. The second-order valence-corrected chi connectivity index (χ2v) is 7.60. The van der Waals surface area contributed by atoms with Gasteiger partial charge in [-0.25, -0.2) is 0 Å². The molecule has 0 spiro atoms. The van der Waals surface area contributed by atoms with Crippen LogP contribution in [0.2, 0.25) is 0 Å². The molecular formula is C20H35Cl2N3OS. The van der Waals surface area contributed by atoms with E-state index in [1.807, 2.05) is 24.0 Å². The van der Waals surface area contributed by atoms with Crippen molar-refractivity contribution in [2.45, 2.75) is 52.1 Å². The fourth-order valence-electron chi connectivity index (χ4n) is 3.54. The smallest absolute Gasteiger partial charge is 0.254 e. The van der Waals surface area contributed by atoms with Gasteiger partial charge in [0.2, 0.25) is 0 Å². The van der Waals surface area contributed by atoms with Crippen LogP contribution in [0.4, 0.5) is 0 Å². The fraction of sp³-hybridized carbons (Fsp3) is 0.650. The third kappa shape index (κ3) is 7.13. The number of amides is 1. The Morgan fingerprint density at radius 2 is 2.00 bits per heavy atom. The number of carbonyl (C=O) groups is 1. The van der Waals surface area contributed by atoms with Crippen molar-refractivity contribution in [2.24, 2.45) is 5.73 Å². The lowest BCUT2D eigenvalue weighted by molar-refractivity contribution is 0.0447. The molecule has 1 aliphatic heterocycles. The molecule has 0 aliphatic carbocycles. The van der Waals surface area contributed by atoms with Gasteiger partial charge in [0.15, 0.2) is 0 Å². The Morgan fingerprint density at radius 1 is 1.30 bits per heavy atom. The minimum atomic E-state index is 0. The number of thiol groups is 1. The van der Waals surface area contributed by atoms with E-state index in [2.05, 4.69) is 37.4 Å². The molecule has 1 unspecified atom stereocenters.